The van der Waals surface area contributed by atoms with Crippen LogP contribution in [0.4, 0.5) is 0 Å². The van der Waals surface area contributed by atoms with E-state index in [9.17, 15) is 0 Å². The van der Waals surface area contributed by atoms with Gasteiger partial charge < -0.3 is 0 Å². The highest BCUT2D eigenvalue weighted by Crippen LogP contribution is 2.13. The van der Waals surface area contributed by atoms with Gasteiger partial charge in [-0.15, -0.1) is 0 Å². The molecule has 1 aromatic carbocycles. The van der Waals surface area contributed by atoms with E-state index in [4.69, 9.17) is 23.2 Å². The second-order valence-electron chi connectivity index (χ2n) is 3.12. The van der Waals surface area contributed by atoms with E-state index in [0.717, 1.165) is 22.7 Å². The van der Waals surface area contributed by atoms with Gasteiger partial charge in [0.2, 0.25) is 5.28 Å². The van der Waals surface area contributed by atoms with Crippen LogP contribution in [-0.4, -0.2) is 9.97 Å². The van der Waals surface area contributed by atoms with Gasteiger partial charge in [-0.3, -0.25) is 0 Å². The highest BCUT2D eigenvalue weighted by Gasteiger charge is 1.99. The van der Waals surface area contributed by atoms with Crippen LogP contribution in [0.5, 0.6) is 0 Å². The smallest absolute Gasteiger partial charge is 0.222 e. The molecule has 0 saturated heterocycles. The molecule has 1 heterocycles. The maximum absolute atomic E-state index is 5.79. The summed E-state index contributed by atoms with van der Waals surface area (Å²) in [4.78, 5) is 7.94. The molecule has 0 radical (unpaired) electrons. The lowest BCUT2D eigenvalue weighted by atomic mass is 10.1. The molecule has 2 aromatic rings. The molecule has 0 aliphatic heterocycles. The lowest BCUT2D eigenvalue weighted by Crippen LogP contribution is -1.93. The third-order valence-electron chi connectivity index (χ3n) is 1.98. The molecule has 76 valence electrons. The van der Waals surface area contributed by atoms with Gasteiger partial charge >= 0.3 is 0 Å². The molecule has 0 aliphatic rings. The summed E-state index contributed by atoms with van der Waals surface area (Å²) in [6.07, 6.45) is 2.39. The number of hydrogen-bond acceptors (Lipinski definition) is 2. The predicted octanol–water partition coefficient (Wildman–Crippen LogP) is 3.37. The average Bonchev–Trinajstić information content (AvgIpc) is 2.22. The highest BCUT2D eigenvalue weighted by molar-refractivity contribution is 6.30. The van der Waals surface area contributed by atoms with E-state index < -0.39 is 0 Å². The number of aromatic nitrogens is 2. The number of benzene rings is 1. The molecule has 0 amide bonds. The topological polar surface area (TPSA) is 25.8 Å². The molecular weight excluding hydrogens is 231 g/mol. The van der Waals surface area contributed by atoms with Gasteiger partial charge in [-0.05, 0) is 35.4 Å². The molecule has 0 aliphatic carbocycles. The molecule has 1 aromatic heterocycles. The molecule has 0 spiro atoms. The fourth-order valence-electron chi connectivity index (χ4n) is 1.28. The van der Waals surface area contributed by atoms with Crippen molar-refractivity contribution in [3.8, 4) is 0 Å². The first-order chi connectivity index (χ1) is 7.24. The van der Waals surface area contributed by atoms with E-state index in [1.807, 2.05) is 30.3 Å². The molecule has 0 saturated carbocycles. The standard InChI is InChI=1S/C11H8Cl2N2/c12-9-3-1-8(2-4-9)7-10-5-6-14-11(13)15-10/h1-6H,7H2. The fraction of sp³-hybridized carbons (Fsp3) is 0.0909. The van der Waals surface area contributed by atoms with Crippen LogP contribution in [0.1, 0.15) is 11.3 Å². The minimum atomic E-state index is 0.279. The van der Waals surface area contributed by atoms with Gasteiger partial charge in [0.15, 0.2) is 0 Å². The average molecular weight is 239 g/mol. The number of rotatable bonds is 2. The van der Waals surface area contributed by atoms with Crippen molar-refractivity contribution in [3.63, 3.8) is 0 Å². The summed E-state index contributed by atoms with van der Waals surface area (Å²) < 4.78 is 0. The Bertz CT molecular complexity index is 454. The molecule has 15 heavy (non-hydrogen) atoms. The van der Waals surface area contributed by atoms with Gasteiger partial charge in [-0.1, -0.05) is 23.7 Å². The number of halogens is 2. The van der Waals surface area contributed by atoms with Crippen LogP contribution < -0.4 is 0 Å². The fourth-order valence-corrected chi connectivity index (χ4v) is 1.57. The molecule has 0 atom stereocenters. The zero-order valence-corrected chi connectivity index (χ0v) is 9.33. The van der Waals surface area contributed by atoms with Crippen LogP contribution in [0.25, 0.3) is 0 Å². The van der Waals surface area contributed by atoms with Crippen LogP contribution in [0.3, 0.4) is 0 Å². The van der Waals surface area contributed by atoms with Gasteiger partial charge in [0.05, 0.1) is 0 Å². The molecular formula is C11H8Cl2N2. The lowest BCUT2D eigenvalue weighted by Gasteiger charge is -2.01. The summed E-state index contributed by atoms with van der Waals surface area (Å²) in [5.41, 5.74) is 2.05. The van der Waals surface area contributed by atoms with Gasteiger partial charge in [0.1, 0.15) is 0 Å². The summed E-state index contributed by atoms with van der Waals surface area (Å²) in [5.74, 6) is 0. The Morgan fingerprint density at radius 2 is 1.73 bits per heavy atom. The van der Waals surface area contributed by atoms with Gasteiger partial charge in [-0.25, -0.2) is 9.97 Å². The second kappa shape index (κ2) is 4.60. The molecule has 0 unspecified atom stereocenters. The minimum absolute atomic E-state index is 0.279. The van der Waals surface area contributed by atoms with Crippen molar-refractivity contribution in [2.75, 3.05) is 0 Å². The summed E-state index contributed by atoms with van der Waals surface area (Å²) in [7, 11) is 0. The van der Waals surface area contributed by atoms with Crippen molar-refractivity contribution in [1.82, 2.24) is 9.97 Å². The monoisotopic (exact) mass is 238 g/mol. The molecule has 2 rings (SSSR count). The van der Waals surface area contributed by atoms with E-state index in [2.05, 4.69) is 9.97 Å². The zero-order chi connectivity index (χ0) is 10.7. The largest absolute Gasteiger partial charge is 0.227 e. The molecule has 0 bridgehead atoms. The van der Waals surface area contributed by atoms with Gasteiger partial charge in [0, 0.05) is 23.3 Å². The molecule has 2 nitrogen and oxygen atoms in total. The van der Waals surface area contributed by atoms with Crippen LogP contribution in [0.15, 0.2) is 36.5 Å². The van der Waals surface area contributed by atoms with Crippen LogP contribution in [0, 0.1) is 0 Å². The predicted molar refractivity (Wildman–Crippen MR) is 61.3 cm³/mol. The third kappa shape index (κ3) is 2.91. The maximum atomic E-state index is 5.79. The van der Waals surface area contributed by atoms with Crippen molar-refractivity contribution >= 4 is 23.2 Å². The first-order valence-electron chi connectivity index (χ1n) is 4.46. The van der Waals surface area contributed by atoms with E-state index in [0.29, 0.717) is 0 Å². The Hall–Kier alpha value is -1.12. The van der Waals surface area contributed by atoms with E-state index in [1.54, 1.807) is 6.20 Å². The SMILES string of the molecule is Clc1ccc(Cc2ccnc(Cl)n2)cc1. The van der Waals surface area contributed by atoms with Gasteiger partial charge in [-0.2, -0.15) is 0 Å². The van der Waals surface area contributed by atoms with E-state index >= 15 is 0 Å². The van der Waals surface area contributed by atoms with Crippen LogP contribution in [0.2, 0.25) is 10.3 Å². The molecule has 0 fully saturated rings. The Morgan fingerprint density at radius 3 is 2.40 bits per heavy atom. The Balaban J connectivity index is 2.18. The van der Waals surface area contributed by atoms with E-state index in [-0.39, 0.29) is 5.28 Å². The lowest BCUT2D eigenvalue weighted by molar-refractivity contribution is 1.03. The Morgan fingerprint density at radius 1 is 1.00 bits per heavy atom. The van der Waals surface area contributed by atoms with Crippen LogP contribution in [-0.2, 0) is 6.42 Å². The maximum Gasteiger partial charge on any atom is 0.222 e. The summed E-state index contributed by atoms with van der Waals surface area (Å²) in [6, 6.07) is 9.51. The summed E-state index contributed by atoms with van der Waals surface area (Å²) >= 11 is 11.5. The molecule has 0 N–H and O–H groups in total. The van der Waals surface area contributed by atoms with Crippen molar-refractivity contribution in [3.05, 3.63) is 58.1 Å². The molecule has 4 heteroatoms. The van der Waals surface area contributed by atoms with Crippen molar-refractivity contribution < 1.29 is 0 Å². The quantitative estimate of drug-likeness (QED) is 0.751. The summed E-state index contributed by atoms with van der Waals surface area (Å²) in [5, 5.41) is 1.01. The van der Waals surface area contributed by atoms with Crippen molar-refractivity contribution in [2.24, 2.45) is 0 Å². The Kier molecular flexibility index (Phi) is 3.19. The first kappa shape index (κ1) is 10.4. The minimum Gasteiger partial charge on any atom is -0.227 e. The Labute approximate surface area is 97.9 Å². The number of hydrogen-bond donors (Lipinski definition) is 0. The second-order valence-corrected chi connectivity index (χ2v) is 3.89. The zero-order valence-electron chi connectivity index (χ0n) is 7.82. The normalized spacial score (nSPS) is 10.3. The van der Waals surface area contributed by atoms with Gasteiger partial charge in [0.25, 0.3) is 0 Å². The third-order valence-corrected chi connectivity index (χ3v) is 2.42. The first-order valence-corrected chi connectivity index (χ1v) is 5.21. The highest BCUT2D eigenvalue weighted by atomic mass is 35.5. The van der Waals surface area contributed by atoms with Crippen molar-refractivity contribution in [2.45, 2.75) is 6.42 Å². The number of nitrogens with zero attached hydrogens (tertiary/aromatic N) is 2. The van der Waals surface area contributed by atoms with Crippen LogP contribution >= 0.6 is 23.2 Å². The summed E-state index contributed by atoms with van der Waals surface area (Å²) in [6.45, 7) is 0. The van der Waals surface area contributed by atoms with Crippen molar-refractivity contribution in [1.29, 1.82) is 0 Å². The van der Waals surface area contributed by atoms with E-state index in [1.165, 1.54) is 0 Å².